The zero-order valence-electron chi connectivity index (χ0n) is 17.8. The third-order valence-corrected chi connectivity index (χ3v) is 4.56. The molecule has 0 aliphatic heterocycles. The van der Waals surface area contributed by atoms with E-state index < -0.39 is 6.10 Å². The zero-order chi connectivity index (χ0) is 21.8. The molecule has 2 aromatic rings. The second kappa shape index (κ2) is 13.0. The fourth-order valence-corrected chi connectivity index (χ4v) is 3.00. The minimum Gasteiger partial charge on any atom is -0.508 e. The number of carbonyl (C=O) groups is 1. The first kappa shape index (κ1) is 23.9. The van der Waals surface area contributed by atoms with Crippen molar-refractivity contribution in [2.75, 3.05) is 19.8 Å². The highest BCUT2D eigenvalue weighted by atomic mass is 16.5. The molecule has 3 atom stereocenters. The third kappa shape index (κ3) is 9.87. The third-order valence-electron chi connectivity index (χ3n) is 4.56. The van der Waals surface area contributed by atoms with Crippen molar-refractivity contribution in [1.29, 1.82) is 0 Å². The minimum atomic E-state index is -0.511. The van der Waals surface area contributed by atoms with Crippen LogP contribution in [-0.2, 0) is 27.1 Å². The summed E-state index contributed by atoms with van der Waals surface area (Å²) < 4.78 is 11.3. The Bertz CT molecular complexity index is 733. The normalized spacial score (nSPS) is 14.1. The van der Waals surface area contributed by atoms with E-state index in [-0.39, 0.29) is 30.4 Å². The molecule has 0 aromatic heterocycles. The molecule has 0 saturated heterocycles. The van der Waals surface area contributed by atoms with Gasteiger partial charge in [0.05, 0.1) is 38.1 Å². The number of phenols is 1. The van der Waals surface area contributed by atoms with E-state index >= 15 is 0 Å². The number of aliphatic hydroxyl groups excluding tert-OH is 1. The smallest absolute Gasteiger partial charge is 0.220 e. The highest BCUT2D eigenvalue weighted by Gasteiger charge is 2.16. The summed E-state index contributed by atoms with van der Waals surface area (Å²) in [5.74, 6) is 0.187. The summed E-state index contributed by atoms with van der Waals surface area (Å²) >= 11 is 0. The maximum Gasteiger partial charge on any atom is 0.220 e. The van der Waals surface area contributed by atoms with Crippen LogP contribution in [0.4, 0.5) is 0 Å². The Morgan fingerprint density at radius 3 is 2.33 bits per heavy atom. The number of aryl methyl sites for hydroxylation is 1. The summed E-state index contributed by atoms with van der Waals surface area (Å²) in [6.45, 7) is 4.55. The number of phenolic OH excluding ortho intramolecular Hbond substituents is 1. The average molecular weight is 416 g/mol. The van der Waals surface area contributed by atoms with Gasteiger partial charge in [-0.25, -0.2) is 0 Å². The van der Waals surface area contributed by atoms with Crippen molar-refractivity contribution in [1.82, 2.24) is 5.32 Å². The monoisotopic (exact) mass is 415 g/mol. The number of hydrogen-bond donors (Lipinski definition) is 3. The molecule has 1 amide bonds. The molecule has 0 aliphatic rings. The molecule has 0 fully saturated rings. The van der Waals surface area contributed by atoms with Gasteiger partial charge >= 0.3 is 0 Å². The van der Waals surface area contributed by atoms with Crippen LogP contribution >= 0.6 is 0 Å². The van der Waals surface area contributed by atoms with Crippen LogP contribution < -0.4 is 5.32 Å². The molecule has 2 rings (SSSR count). The van der Waals surface area contributed by atoms with E-state index in [2.05, 4.69) is 5.32 Å². The summed E-state index contributed by atoms with van der Waals surface area (Å²) in [6.07, 6.45) is 1.01. The van der Waals surface area contributed by atoms with Gasteiger partial charge in [-0.3, -0.25) is 4.79 Å². The molecular formula is C24H33NO5. The molecule has 3 unspecified atom stereocenters. The molecule has 2 aromatic carbocycles. The average Bonchev–Trinajstić information content (AvgIpc) is 2.72. The number of amides is 1. The zero-order valence-corrected chi connectivity index (χ0v) is 17.8. The standard InChI is InChI=1S/C24H33NO5/c1-18(26)15-29-16-19(2)30-17-22(14-21-8-11-23(27)12-9-21)25-24(28)13-10-20-6-4-3-5-7-20/h3-9,11-12,18-19,22,26-27H,10,13-17H2,1-2H3,(H,25,28). The van der Waals surface area contributed by atoms with Crippen LogP contribution in [0.2, 0.25) is 0 Å². The van der Waals surface area contributed by atoms with Crippen LogP contribution in [0.1, 0.15) is 31.4 Å². The lowest BCUT2D eigenvalue weighted by atomic mass is 10.1. The Labute approximate surface area is 178 Å². The lowest BCUT2D eigenvalue weighted by Crippen LogP contribution is -2.41. The van der Waals surface area contributed by atoms with Crippen molar-refractivity contribution >= 4 is 5.91 Å². The van der Waals surface area contributed by atoms with Gasteiger partial charge in [0.1, 0.15) is 5.75 Å². The second-order valence-corrected chi connectivity index (χ2v) is 7.65. The van der Waals surface area contributed by atoms with Crippen LogP contribution in [0.25, 0.3) is 0 Å². The summed E-state index contributed by atoms with van der Waals surface area (Å²) in [5, 5.41) is 21.8. The minimum absolute atomic E-state index is 0.0239. The Morgan fingerprint density at radius 2 is 1.67 bits per heavy atom. The summed E-state index contributed by atoms with van der Waals surface area (Å²) in [7, 11) is 0. The SMILES string of the molecule is CC(O)COCC(C)OCC(Cc1ccc(O)cc1)NC(=O)CCc1ccccc1. The quantitative estimate of drug-likeness (QED) is 0.468. The fourth-order valence-electron chi connectivity index (χ4n) is 3.00. The number of aliphatic hydroxyl groups is 1. The van der Waals surface area contributed by atoms with Crippen molar-refractivity contribution in [2.45, 2.75) is 51.4 Å². The highest BCUT2D eigenvalue weighted by Crippen LogP contribution is 2.12. The number of nitrogens with one attached hydrogen (secondary N) is 1. The van der Waals surface area contributed by atoms with E-state index in [0.29, 0.717) is 32.5 Å². The van der Waals surface area contributed by atoms with Crippen LogP contribution in [0.3, 0.4) is 0 Å². The van der Waals surface area contributed by atoms with Gasteiger partial charge in [-0.1, -0.05) is 42.5 Å². The molecule has 0 saturated carbocycles. The Balaban J connectivity index is 1.87. The van der Waals surface area contributed by atoms with Crippen LogP contribution in [0.15, 0.2) is 54.6 Å². The number of benzene rings is 2. The predicted molar refractivity (Wildman–Crippen MR) is 116 cm³/mol. The molecule has 164 valence electrons. The maximum absolute atomic E-state index is 12.5. The highest BCUT2D eigenvalue weighted by molar-refractivity contribution is 5.76. The van der Waals surface area contributed by atoms with E-state index in [1.807, 2.05) is 49.4 Å². The first-order valence-corrected chi connectivity index (χ1v) is 10.4. The molecule has 0 spiro atoms. The van der Waals surface area contributed by atoms with E-state index in [1.54, 1.807) is 19.1 Å². The Kier molecular flexibility index (Phi) is 10.3. The van der Waals surface area contributed by atoms with E-state index in [0.717, 1.165) is 11.1 Å². The summed E-state index contributed by atoms with van der Waals surface area (Å²) in [6, 6.07) is 16.7. The van der Waals surface area contributed by atoms with Crippen molar-refractivity contribution in [3.8, 4) is 5.75 Å². The molecule has 0 heterocycles. The largest absolute Gasteiger partial charge is 0.508 e. The molecular weight excluding hydrogens is 382 g/mol. The van der Waals surface area contributed by atoms with Gasteiger partial charge in [-0.2, -0.15) is 0 Å². The van der Waals surface area contributed by atoms with Gasteiger partial charge in [0.25, 0.3) is 0 Å². The second-order valence-electron chi connectivity index (χ2n) is 7.65. The lowest BCUT2D eigenvalue weighted by molar-refractivity contribution is -0.122. The molecule has 6 heteroatoms. The molecule has 3 N–H and O–H groups in total. The van der Waals surface area contributed by atoms with Crippen LogP contribution in [0.5, 0.6) is 5.75 Å². The van der Waals surface area contributed by atoms with Crippen LogP contribution in [0, 0.1) is 0 Å². The van der Waals surface area contributed by atoms with E-state index in [9.17, 15) is 15.0 Å². The van der Waals surface area contributed by atoms with Gasteiger partial charge in [0.2, 0.25) is 5.91 Å². The molecule has 0 aliphatic carbocycles. The molecule has 6 nitrogen and oxygen atoms in total. The van der Waals surface area contributed by atoms with Crippen molar-refractivity contribution in [2.24, 2.45) is 0 Å². The number of aromatic hydroxyl groups is 1. The lowest BCUT2D eigenvalue weighted by Gasteiger charge is -2.22. The van der Waals surface area contributed by atoms with E-state index in [1.165, 1.54) is 0 Å². The van der Waals surface area contributed by atoms with Crippen molar-refractivity contribution < 1.29 is 24.5 Å². The van der Waals surface area contributed by atoms with Crippen molar-refractivity contribution in [3.63, 3.8) is 0 Å². The van der Waals surface area contributed by atoms with Gasteiger partial charge in [-0.05, 0) is 49.9 Å². The predicted octanol–water partition coefficient (Wildman–Crippen LogP) is 2.85. The number of carbonyl (C=O) groups excluding carboxylic acids is 1. The first-order valence-electron chi connectivity index (χ1n) is 10.4. The number of rotatable bonds is 13. The number of ether oxygens (including phenoxy) is 2. The topological polar surface area (TPSA) is 88.0 Å². The van der Waals surface area contributed by atoms with Gasteiger partial charge < -0.3 is 25.0 Å². The molecule has 0 bridgehead atoms. The van der Waals surface area contributed by atoms with Gasteiger partial charge in [0.15, 0.2) is 0 Å². The Morgan fingerprint density at radius 1 is 0.967 bits per heavy atom. The summed E-state index contributed by atoms with van der Waals surface area (Å²) in [5.41, 5.74) is 2.13. The molecule has 0 radical (unpaired) electrons. The maximum atomic E-state index is 12.5. The van der Waals surface area contributed by atoms with Gasteiger partial charge in [0, 0.05) is 6.42 Å². The first-order chi connectivity index (χ1) is 14.4. The molecule has 30 heavy (non-hydrogen) atoms. The Hall–Kier alpha value is -2.41. The fraction of sp³-hybridized carbons (Fsp3) is 0.458. The van der Waals surface area contributed by atoms with Crippen molar-refractivity contribution in [3.05, 3.63) is 65.7 Å². The van der Waals surface area contributed by atoms with E-state index in [4.69, 9.17) is 9.47 Å². The van der Waals surface area contributed by atoms with Crippen LogP contribution in [-0.4, -0.2) is 54.2 Å². The number of hydrogen-bond acceptors (Lipinski definition) is 5. The summed E-state index contributed by atoms with van der Waals surface area (Å²) in [4.78, 5) is 12.5. The van der Waals surface area contributed by atoms with Gasteiger partial charge in [-0.15, -0.1) is 0 Å².